The fraction of sp³-hybridized carbons (Fsp3) is 0.182. The van der Waals surface area contributed by atoms with Gasteiger partial charge in [-0.25, -0.2) is 5.43 Å². The lowest BCUT2D eigenvalue weighted by molar-refractivity contribution is -0.120. The summed E-state index contributed by atoms with van der Waals surface area (Å²) in [7, 11) is 1.44. The van der Waals surface area contributed by atoms with E-state index in [-0.39, 0.29) is 12.2 Å². The molecule has 0 saturated heterocycles. The van der Waals surface area contributed by atoms with Crippen molar-refractivity contribution >= 4 is 12.1 Å². The van der Waals surface area contributed by atoms with Crippen LogP contribution in [0.4, 0.5) is 0 Å². The third kappa shape index (κ3) is 3.50. The van der Waals surface area contributed by atoms with Gasteiger partial charge < -0.3 is 9.84 Å². The summed E-state index contributed by atoms with van der Waals surface area (Å²) in [6, 6.07) is 6.58. The van der Waals surface area contributed by atoms with Gasteiger partial charge in [-0.1, -0.05) is 6.07 Å². The van der Waals surface area contributed by atoms with Crippen LogP contribution in [0.5, 0.6) is 11.5 Å². The van der Waals surface area contributed by atoms with Gasteiger partial charge in [0, 0.05) is 5.56 Å². The van der Waals surface area contributed by atoms with Crippen molar-refractivity contribution in [2.45, 2.75) is 6.42 Å². The van der Waals surface area contributed by atoms with Crippen LogP contribution in [0.3, 0.4) is 0 Å². The summed E-state index contributed by atoms with van der Waals surface area (Å²) >= 11 is 0. The number of phenols is 1. The largest absolute Gasteiger partial charge is 0.504 e. The second kappa shape index (κ2) is 6.12. The van der Waals surface area contributed by atoms with Crippen molar-refractivity contribution in [3.63, 3.8) is 0 Å². The van der Waals surface area contributed by atoms with Crippen molar-refractivity contribution in [3.05, 3.63) is 23.8 Å². The molecule has 88 valence electrons. The number of carbonyl (C=O) groups excluding carboxylic acids is 1. The number of ether oxygens (including phenoxy) is 1. The molecule has 0 fully saturated rings. The van der Waals surface area contributed by atoms with E-state index in [4.69, 9.17) is 10.00 Å². The number of nitrogens with one attached hydrogen (secondary N) is 1. The molecule has 0 aliphatic heterocycles. The number of carbonyl (C=O) groups is 1. The third-order valence-electron chi connectivity index (χ3n) is 1.88. The zero-order valence-corrected chi connectivity index (χ0v) is 9.17. The van der Waals surface area contributed by atoms with Crippen LogP contribution in [0.1, 0.15) is 12.0 Å². The summed E-state index contributed by atoms with van der Waals surface area (Å²) in [6.07, 6.45) is 1.01. The highest BCUT2D eigenvalue weighted by molar-refractivity contribution is 5.86. The van der Waals surface area contributed by atoms with Gasteiger partial charge in [-0.3, -0.25) is 4.79 Å². The Morgan fingerprint density at radius 2 is 2.47 bits per heavy atom. The van der Waals surface area contributed by atoms with Crippen molar-refractivity contribution in [2.24, 2.45) is 5.10 Å². The molecule has 6 heteroatoms. The molecule has 0 saturated carbocycles. The number of amides is 1. The van der Waals surface area contributed by atoms with Gasteiger partial charge in [0.1, 0.15) is 6.42 Å². The molecule has 0 spiro atoms. The Bertz CT molecular complexity index is 477. The zero-order chi connectivity index (χ0) is 12.7. The number of para-hydroxylation sites is 1. The van der Waals surface area contributed by atoms with E-state index in [0.29, 0.717) is 11.3 Å². The van der Waals surface area contributed by atoms with E-state index in [1.54, 1.807) is 24.3 Å². The third-order valence-corrected chi connectivity index (χ3v) is 1.88. The number of hydrogen-bond donors (Lipinski definition) is 2. The first-order valence-electron chi connectivity index (χ1n) is 4.74. The van der Waals surface area contributed by atoms with Crippen LogP contribution in [-0.2, 0) is 4.79 Å². The van der Waals surface area contributed by atoms with Crippen molar-refractivity contribution in [1.82, 2.24) is 5.43 Å². The van der Waals surface area contributed by atoms with Gasteiger partial charge in [0.15, 0.2) is 11.5 Å². The molecule has 1 rings (SSSR count). The Kier molecular flexibility index (Phi) is 4.51. The van der Waals surface area contributed by atoms with Crippen molar-refractivity contribution in [3.8, 4) is 17.6 Å². The van der Waals surface area contributed by atoms with E-state index >= 15 is 0 Å². The first-order valence-corrected chi connectivity index (χ1v) is 4.74. The molecule has 0 atom stereocenters. The molecule has 0 heterocycles. The standard InChI is InChI=1S/C11H11N3O3/c1-17-9-4-2-3-8(11(9)16)7-13-14-10(15)5-6-12/h2-4,7,16H,5H2,1H3,(H,14,15)/b13-7-. The van der Waals surface area contributed by atoms with E-state index < -0.39 is 5.91 Å². The minimum atomic E-state index is -0.508. The Labute approximate surface area is 98.1 Å². The maximum Gasteiger partial charge on any atom is 0.254 e. The number of methoxy groups -OCH3 is 1. The number of benzene rings is 1. The number of phenolic OH excluding ortho intramolecular Hbond substituents is 1. The Morgan fingerprint density at radius 1 is 1.71 bits per heavy atom. The predicted molar refractivity (Wildman–Crippen MR) is 60.6 cm³/mol. The second-order valence-electron chi connectivity index (χ2n) is 3.03. The average Bonchev–Trinajstić information content (AvgIpc) is 2.32. The lowest BCUT2D eigenvalue weighted by Gasteiger charge is -2.04. The average molecular weight is 233 g/mol. The predicted octanol–water partition coefficient (Wildman–Crippen LogP) is 0.765. The maximum absolute atomic E-state index is 10.9. The fourth-order valence-electron chi connectivity index (χ4n) is 1.09. The Balaban J connectivity index is 2.72. The molecule has 0 bridgehead atoms. The Morgan fingerprint density at radius 3 is 3.12 bits per heavy atom. The molecule has 0 radical (unpaired) electrons. The van der Waals surface area contributed by atoms with E-state index in [2.05, 4.69) is 10.5 Å². The summed E-state index contributed by atoms with van der Waals surface area (Å²) in [5.41, 5.74) is 2.56. The second-order valence-corrected chi connectivity index (χ2v) is 3.03. The number of hydrazone groups is 1. The number of nitrogens with zero attached hydrogens (tertiary/aromatic N) is 2. The summed E-state index contributed by atoms with van der Waals surface area (Å²) in [5, 5.41) is 21.5. The minimum Gasteiger partial charge on any atom is -0.504 e. The first kappa shape index (κ1) is 12.5. The topological polar surface area (TPSA) is 94.7 Å². The van der Waals surface area contributed by atoms with Gasteiger partial charge >= 0.3 is 0 Å². The van der Waals surface area contributed by atoms with Crippen LogP contribution in [0.15, 0.2) is 23.3 Å². The van der Waals surface area contributed by atoms with Crippen molar-refractivity contribution < 1.29 is 14.6 Å². The van der Waals surface area contributed by atoms with Crippen LogP contribution in [0, 0.1) is 11.3 Å². The highest BCUT2D eigenvalue weighted by Gasteiger charge is 2.04. The summed E-state index contributed by atoms with van der Waals surface area (Å²) in [6.45, 7) is 0. The van der Waals surface area contributed by atoms with Crippen LogP contribution in [-0.4, -0.2) is 24.3 Å². The summed E-state index contributed by atoms with van der Waals surface area (Å²) < 4.78 is 4.91. The molecule has 0 aliphatic rings. The van der Waals surface area contributed by atoms with E-state index in [0.717, 1.165) is 0 Å². The normalized spacial score (nSPS) is 9.88. The summed E-state index contributed by atoms with van der Waals surface area (Å²) in [4.78, 5) is 10.9. The van der Waals surface area contributed by atoms with Gasteiger partial charge in [-0.2, -0.15) is 10.4 Å². The van der Waals surface area contributed by atoms with Crippen molar-refractivity contribution in [2.75, 3.05) is 7.11 Å². The van der Waals surface area contributed by atoms with E-state index in [9.17, 15) is 9.90 Å². The molecule has 6 nitrogen and oxygen atoms in total. The Hall–Kier alpha value is -2.55. The van der Waals surface area contributed by atoms with Crippen molar-refractivity contribution in [1.29, 1.82) is 5.26 Å². The molecule has 1 aromatic carbocycles. The molecule has 1 aromatic rings. The molecular weight excluding hydrogens is 222 g/mol. The van der Waals surface area contributed by atoms with Crippen LogP contribution in [0.2, 0.25) is 0 Å². The monoisotopic (exact) mass is 233 g/mol. The molecule has 1 amide bonds. The zero-order valence-electron chi connectivity index (χ0n) is 9.17. The van der Waals surface area contributed by atoms with Gasteiger partial charge in [0.25, 0.3) is 5.91 Å². The highest BCUT2D eigenvalue weighted by atomic mass is 16.5. The summed E-state index contributed by atoms with van der Waals surface area (Å²) in [5.74, 6) is -0.253. The lowest BCUT2D eigenvalue weighted by atomic mass is 10.2. The molecule has 17 heavy (non-hydrogen) atoms. The van der Waals surface area contributed by atoms with E-state index in [1.165, 1.54) is 13.3 Å². The maximum atomic E-state index is 10.9. The first-order chi connectivity index (χ1) is 8.19. The van der Waals surface area contributed by atoms with E-state index in [1.807, 2.05) is 0 Å². The lowest BCUT2D eigenvalue weighted by Crippen LogP contribution is -2.16. The number of rotatable bonds is 4. The molecule has 0 unspecified atom stereocenters. The van der Waals surface area contributed by atoms with Crippen LogP contribution >= 0.6 is 0 Å². The van der Waals surface area contributed by atoms with Crippen LogP contribution < -0.4 is 10.2 Å². The molecule has 0 aliphatic carbocycles. The highest BCUT2D eigenvalue weighted by Crippen LogP contribution is 2.27. The fourth-order valence-corrected chi connectivity index (χ4v) is 1.09. The van der Waals surface area contributed by atoms with Gasteiger partial charge in [-0.15, -0.1) is 0 Å². The van der Waals surface area contributed by atoms with Gasteiger partial charge in [0.2, 0.25) is 0 Å². The minimum absolute atomic E-state index is 0.0618. The number of aromatic hydroxyl groups is 1. The number of nitriles is 1. The molecular formula is C11H11N3O3. The van der Waals surface area contributed by atoms with Gasteiger partial charge in [-0.05, 0) is 12.1 Å². The number of hydrogen-bond acceptors (Lipinski definition) is 5. The molecule has 0 aromatic heterocycles. The van der Waals surface area contributed by atoms with Gasteiger partial charge in [0.05, 0.1) is 19.4 Å². The smallest absolute Gasteiger partial charge is 0.254 e. The quantitative estimate of drug-likeness (QED) is 0.593. The SMILES string of the molecule is COc1cccc(/C=N\NC(=O)CC#N)c1O. The molecule has 2 N–H and O–H groups in total. The van der Waals surface area contributed by atoms with Crippen LogP contribution in [0.25, 0.3) is 0 Å².